The van der Waals surface area contributed by atoms with Crippen molar-refractivity contribution in [3.63, 3.8) is 0 Å². The Hall–Kier alpha value is -3.71. The summed E-state index contributed by atoms with van der Waals surface area (Å²) in [6, 6.07) is 17.7. The van der Waals surface area contributed by atoms with Gasteiger partial charge in [0.25, 0.3) is 0 Å². The number of carbonyl (C=O) groups excluding carboxylic acids is 2. The molecule has 7 heteroatoms. The van der Waals surface area contributed by atoms with Crippen LogP contribution in [0.3, 0.4) is 0 Å². The number of carbonyl (C=O) groups is 2. The van der Waals surface area contributed by atoms with Crippen molar-refractivity contribution in [3.8, 4) is 0 Å². The lowest BCUT2D eigenvalue weighted by atomic mass is 10.0. The Kier molecular flexibility index (Phi) is 5.49. The molecule has 0 radical (unpaired) electrons. The van der Waals surface area contributed by atoms with Crippen molar-refractivity contribution >= 4 is 33.7 Å². The Bertz CT molecular complexity index is 1420. The number of piperazine rings is 2. The Labute approximate surface area is 203 Å². The highest BCUT2D eigenvalue weighted by Gasteiger charge is 2.42. The molecule has 1 unspecified atom stereocenters. The van der Waals surface area contributed by atoms with E-state index in [2.05, 4.69) is 28.1 Å². The van der Waals surface area contributed by atoms with Gasteiger partial charge in [0.2, 0.25) is 11.8 Å². The minimum atomic E-state index is -0.462. The van der Waals surface area contributed by atoms with Gasteiger partial charge in [0.15, 0.2) is 0 Å². The van der Waals surface area contributed by atoms with E-state index in [0.717, 1.165) is 51.7 Å². The number of para-hydroxylation sites is 2. The molecule has 0 aliphatic carbocycles. The summed E-state index contributed by atoms with van der Waals surface area (Å²) in [5, 5.41) is 2.12. The second-order valence-corrected chi connectivity index (χ2v) is 9.38. The van der Waals surface area contributed by atoms with E-state index < -0.39 is 6.04 Å². The number of rotatable bonds is 5. The molecule has 7 nitrogen and oxygen atoms in total. The van der Waals surface area contributed by atoms with E-state index in [1.54, 1.807) is 9.80 Å². The number of hydrogen-bond acceptors (Lipinski definition) is 5. The number of furan rings is 1. The van der Waals surface area contributed by atoms with Crippen molar-refractivity contribution in [2.45, 2.75) is 32.5 Å². The smallest absolute Gasteiger partial charge is 0.247 e. The summed E-state index contributed by atoms with van der Waals surface area (Å²) in [5.41, 5.74) is 3.96. The molecule has 2 saturated heterocycles. The Balaban J connectivity index is 1.24. The van der Waals surface area contributed by atoms with Crippen molar-refractivity contribution in [2.75, 3.05) is 26.2 Å². The lowest BCUT2D eigenvalue weighted by Crippen LogP contribution is -2.66. The molecule has 4 heterocycles. The van der Waals surface area contributed by atoms with E-state index in [0.29, 0.717) is 26.2 Å². The van der Waals surface area contributed by atoms with Crippen LogP contribution in [0.25, 0.3) is 21.9 Å². The fourth-order valence-corrected chi connectivity index (χ4v) is 5.50. The maximum absolute atomic E-state index is 13.6. The van der Waals surface area contributed by atoms with Gasteiger partial charge in [-0.3, -0.25) is 19.5 Å². The summed E-state index contributed by atoms with van der Waals surface area (Å²) in [4.78, 5) is 37.0. The maximum Gasteiger partial charge on any atom is 0.247 e. The third kappa shape index (κ3) is 3.86. The van der Waals surface area contributed by atoms with E-state index in [4.69, 9.17) is 4.42 Å². The zero-order valence-corrected chi connectivity index (χ0v) is 19.8. The predicted octanol–water partition coefficient (Wildman–Crippen LogP) is 3.60. The van der Waals surface area contributed by atoms with Gasteiger partial charge in [0.05, 0.1) is 12.1 Å². The first-order valence-electron chi connectivity index (χ1n) is 12.2. The summed E-state index contributed by atoms with van der Waals surface area (Å²) in [5.74, 6) is 0.909. The van der Waals surface area contributed by atoms with Gasteiger partial charge in [-0.15, -0.1) is 0 Å². The molecule has 35 heavy (non-hydrogen) atoms. The highest BCUT2D eigenvalue weighted by molar-refractivity contribution is 5.95. The van der Waals surface area contributed by atoms with Crippen LogP contribution in [-0.4, -0.2) is 63.7 Å². The summed E-state index contributed by atoms with van der Waals surface area (Å²) in [7, 11) is 0. The average molecular weight is 469 g/mol. The lowest BCUT2D eigenvalue weighted by Gasteiger charge is -2.46. The van der Waals surface area contributed by atoms with Crippen LogP contribution in [-0.2, 0) is 29.1 Å². The topological polar surface area (TPSA) is 69.9 Å². The van der Waals surface area contributed by atoms with E-state index in [1.165, 1.54) is 0 Å². The van der Waals surface area contributed by atoms with E-state index in [1.807, 2.05) is 49.5 Å². The first-order chi connectivity index (χ1) is 17.1. The normalized spacial score (nSPS) is 19.1. The third-order valence-corrected chi connectivity index (χ3v) is 7.27. The molecule has 4 aromatic rings. The third-order valence-electron chi connectivity index (χ3n) is 7.27. The monoisotopic (exact) mass is 468 g/mol. The van der Waals surface area contributed by atoms with Crippen molar-refractivity contribution in [1.29, 1.82) is 0 Å². The van der Waals surface area contributed by atoms with Crippen LogP contribution in [0.4, 0.5) is 0 Å². The molecule has 6 rings (SSSR count). The van der Waals surface area contributed by atoms with Crippen LogP contribution >= 0.6 is 0 Å². The van der Waals surface area contributed by atoms with Crippen molar-refractivity contribution in [3.05, 3.63) is 77.7 Å². The van der Waals surface area contributed by atoms with Crippen LogP contribution < -0.4 is 0 Å². The molecule has 0 bridgehead atoms. The molecule has 2 aromatic heterocycles. The zero-order valence-electron chi connectivity index (χ0n) is 19.8. The lowest BCUT2D eigenvalue weighted by molar-refractivity contribution is -0.160. The molecule has 2 amide bonds. The summed E-state index contributed by atoms with van der Waals surface area (Å²) < 4.78 is 6.03. The number of amides is 2. The van der Waals surface area contributed by atoms with E-state index in [-0.39, 0.29) is 18.4 Å². The second kappa shape index (κ2) is 8.82. The quantitative estimate of drug-likeness (QED) is 0.448. The van der Waals surface area contributed by atoms with Crippen LogP contribution in [0.5, 0.6) is 0 Å². The maximum atomic E-state index is 13.6. The molecule has 1 atom stereocenters. The standard InChI is InChI=1S/C28H28N4O3/c1-2-24-22(21-10-3-4-11-25(21)35-24)16-31-18-26(33)32-14-13-30(17-23(32)28(31)34)15-20-8-5-7-19-9-6-12-29-27(19)20/h3-12,23H,2,13-18H2,1H3. The largest absolute Gasteiger partial charge is 0.461 e. The summed E-state index contributed by atoms with van der Waals surface area (Å²) >= 11 is 0. The minimum absolute atomic E-state index is 0.0117. The molecule has 2 fully saturated rings. The number of pyridine rings is 1. The number of aryl methyl sites for hydroxylation is 1. The summed E-state index contributed by atoms with van der Waals surface area (Å²) in [6.45, 7) is 5.09. The number of benzene rings is 2. The van der Waals surface area contributed by atoms with Gasteiger partial charge in [0.1, 0.15) is 23.9 Å². The predicted molar refractivity (Wildman–Crippen MR) is 134 cm³/mol. The molecule has 178 valence electrons. The van der Waals surface area contributed by atoms with E-state index >= 15 is 0 Å². The molecular formula is C28H28N4O3. The molecule has 2 aliphatic rings. The van der Waals surface area contributed by atoms with Gasteiger partial charge < -0.3 is 14.2 Å². The van der Waals surface area contributed by atoms with Crippen LogP contribution in [0.1, 0.15) is 23.8 Å². The van der Waals surface area contributed by atoms with Gasteiger partial charge in [-0.1, -0.05) is 49.4 Å². The van der Waals surface area contributed by atoms with Gasteiger partial charge in [0, 0.05) is 55.1 Å². The van der Waals surface area contributed by atoms with Gasteiger partial charge in [-0.05, 0) is 17.7 Å². The van der Waals surface area contributed by atoms with Crippen molar-refractivity contribution < 1.29 is 14.0 Å². The summed E-state index contributed by atoms with van der Waals surface area (Å²) in [6.07, 6.45) is 2.55. The fourth-order valence-electron chi connectivity index (χ4n) is 5.50. The Morgan fingerprint density at radius 3 is 2.74 bits per heavy atom. The number of aromatic nitrogens is 1. The highest BCUT2D eigenvalue weighted by atomic mass is 16.3. The highest BCUT2D eigenvalue weighted by Crippen LogP contribution is 2.29. The fraction of sp³-hybridized carbons (Fsp3) is 0.321. The molecule has 2 aromatic carbocycles. The first-order valence-corrected chi connectivity index (χ1v) is 12.2. The average Bonchev–Trinajstić information content (AvgIpc) is 3.25. The molecule has 0 N–H and O–H groups in total. The molecule has 0 saturated carbocycles. The zero-order chi connectivity index (χ0) is 23.9. The van der Waals surface area contributed by atoms with Crippen LogP contribution in [0.15, 0.2) is 65.2 Å². The minimum Gasteiger partial charge on any atom is -0.461 e. The van der Waals surface area contributed by atoms with E-state index in [9.17, 15) is 9.59 Å². The Morgan fingerprint density at radius 1 is 1.00 bits per heavy atom. The number of fused-ring (bicyclic) bond motifs is 3. The van der Waals surface area contributed by atoms with Gasteiger partial charge in [-0.2, -0.15) is 0 Å². The molecule has 2 aliphatic heterocycles. The number of nitrogens with zero attached hydrogens (tertiary/aromatic N) is 4. The van der Waals surface area contributed by atoms with Crippen LogP contribution in [0, 0.1) is 0 Å². The van der Waals surface area contributed by atoms with Gasteiger partial charge >= 0.3 is 0 Å². The molecule has 0 spiro atoms. The Morgan fingerprint density at radius 2 is 1.86 bits per heavy atom. The second-order valence-electron chi connectivity index (χ2n) is 9.38. The SMILES string of the molecule is CCc1oc2ccccc2c1CN1CC(=O)N2CCN(Cc3cccc4cccnc34)CC2C1=O. The number of hydrogen-bond donors (Lipinski definition) is 0. The molecular weight excluding hydrogens is 440 g/mol. The first kappa shape index (κ1) is 21.8. The van der Waals surface area contributed by atoms with Gasteiger partial charge in [-0.25, -0.2) is 0 Å². The van der Waals surface area contributed by atoms with Crippen molar-refractivity contribution in [2.24, 2.45) is 0 Å². The van der Waals surface area contributed by atoms with Crippen LogP contribution in [0.2, 0.25) is 0 Å². The van der Waals surface area contributed by atoms with Crippen molar-refractivity contribution in [1.82, 2.24) is 19.7 Å².